The number of H-pyrrole nitrogens is 1. The molecule has 320 valence electrons. The molecule has 2 aromatic heterocycles. The minimum Gasteiger partial charge on any atom is -0.449 e. The Labute approximate surface area is 340 Å². The fraction of sp³-hybridized carbons (Fsp3) is 0.500. The van der Waals surface area contributed by atoms with E-state index in [1.807, 2.05) is 25.7 Å². The van der Waals surface area contributed by atoms with Crippen LogP contribution in [-0.2, 0) is 32.0 Å². The van der Waals surface area contributed by atoms with Crippen LogP contribution in [0.1, 0.15) is 75.8 Å². The highest BCUT2D eigenvalue weighted by Crippen LogP contribution is 2.36. The van der Waals surface area contributed by atoms with Crippen LogP contribution >= 0.6 is 22.7 Å². The number of likely N-dealkylation sites (tertiary alicyclic amines) is 1. The van der Waals surface area contributed by atoms with Crippen molar-refractivity contribution in [2.75, 3.05) is 45.9 Å². The molecule has 0 unspecified atom stereocenters. The van der Waals surface area contributed by atoms with Crippen LogP contribution in [0, 0.1) is 12.7 Å². The number of benzene rings is 2. The zero-order valence-electron chi connectivity index (χ0n) is 32.0. The van der Waals surface area contributed by atoms with Crippen molar-refractivity contribution in [3.05, 3.63) is 78.1 Å². The van der Waals surface area contributed by atoms with E-state index in [1.54, 1.807) is 18.2 Å². The number of morpholine rings is 1. The largest absolute Gasteiger partial charge is 0.491 e. The number of carbonyl (C=O) groups is 3. The highest BCUT2D eigenvalue weighted by atomic mass is 32.1. The van der Waals surface area contributed by atoms with E-state index in [9.17, 15) is 45.5 Å². The van der Waals surface area contributed by atoms with Gasteiger partial charge in [-0.05, 0) is 50.4 Å². The molecule has 2 aliphatic rings. The summed E-state index contributed by atoms with van der Waals surface area (Å²) in [5, 5.41) is 3.75. The number of carbonyl (C=O) groups excluding carboxylic acids is 3. The summed E-state index contributed by atoms with van der Waals surface area (Å²) in [6, 6.07) is 6.71. The zero-order chi connectivity index (χ0) is 42.9. The van der Waals surface area contributed by atoms with E-state index >= 15 is 4.39 Å². The summed E-state index contributed by atoms with van der Waals surface area (Å²) in [7, 11) is 0. The van der Waals surface area contributed by atoms with Crippen LogP contribution in [-0.4, -0.2) is 101 Å². The number of amides is 1. The van der Waals surface area contributed by atoms with E-state index in [1.165, 1.54) is 11.3 Å². The number of esters is 2. The topological polar surface area (TPSA) is 143 Å². The molecule has 0 bridgehead atoms. The first-order valence-corrected chi connectivity index (χ1v) is 20.2. The number of nitrogens with one attached hydrogen (secondary N) is 2. The number of aromatic amines is 1. The molecule has 0 aliphatic carbocycles. The molecule has 2 aromatic carbocycles. The minimum atomic E-state index is -5.41. The van der Waals surface area contributed by atoms with Crippen LogP contribution in [0.5, 0.6) is 5.75 Å². The molecule has 4 heterocycles. The number of aryl methyl sites for hydroxylation is 1. The fourth-order valence-corrected chi connectivity index (χ4v) is 8.86. The van der Waals surface area contributed by atoms with Crippen LogP contribution in [0.4, 0.5) is 30.7 Å². The Morgan fingerprint density at radius 2 is 1.69 bits per heavy atom. The maximum Gasteiger partial charge on any atom is 0.491 e. The van der Waals surface area contributed by atoms with E-state index in [0.29, 0.717) is 80.3 Å². The average molecular weight is 876 g/mol. The first-order valence-electron chi connectivity index (χ1n) is 18.6. The molecule has 6 rings (SSSR count). The van der Waals surface area contributed by atoms with E-state index < -0.39 is 64.5 Å². The van der Waals surface area contributed by atoms with Crippen LogP contribution < -0.4 is 14.9 Å². The molecule has 12 nitrogen and oxygen atoms in total. The molecular weight excluding hydrogens is 836 g/mol. The lowest BCUT2D eigenvalue weighted by molar-refractivity contribution is -0.205. The van der Waals surface area contributed by atoms with E-state index in [4.69, 9.17) is 9.47 Å². The Morgan fingerprint density at radius 1 is 1.00 bits per heavy atom. The number of hydrogen-bond donors (Lipinski definition) is 2. The van der Waals surface area contributed by atoms with Gasteiger partial charge in [-0.3, -0.25) is 14.5 Å². The molecule has 1 amide bonds. The summed E-state index contributed by atoms with van der Waals surface area (Å²) in [5.74, 6) is -6.25. The molecule has 2 N–H and O–H groups in total. The van der Waals surface area contributed by atoms with Crippen LogP contribution in [0.25, 0.3) is 10.2 Å². The molecule has 1 atom stereocenters. The lowest BCUT2D eigenvalue weighted by Gasteiger charge is -2.47. The van der Waals surface area contributed by atoms with Gasteiger partial charge in [-0.2, -0.15) is 26.3 Å². The first-order chi connectivity index (χ1) is 27.7. The van der Waals surface area contributed by atoms with Crippen LogP contribution in [0.2, 0.25) is 0 Å². The van der Waals surface area contributed by atoms with Gasteiger partial charge < -0.3 is 29.4 Å². The minimum absolute atomic E-state index is 0.00770. The third-order valence-electron chi connectivity index (χ3n) is 10.1. The van der Waals surface area contributed by atoms with Gasteiger partial charge in [0.2, 0.25) is 0 Å². The van der Waals surface area contributed by atoms with E-state index in [-0.39, 0.29) is 35.1 Å². The lowest BCUT2D eigenvalue weighted by atomic mass is 9.89. The van der Waals surface area contributed by atoms with Gasteiger partial charge in [0.05, 0.1) is 28.5 Å². The van der Waals surface area contributed by atoms with Crippen molar-refractivity contribution in [1.29, 1.82) is 0 Å². The van der Waals surface area contributed by atoms with Gasteiger partial charge in [-0.25, -0.2) is 19.0 Å². The molecule has 0 radical (unpaired) electrons. The molecule has 2 saturated heterocycles. The molecule has 0 saturated carbocycles. The summed E-state index contributed by atoms with van der Waals surface area (Å²) >= 11 is 1.92. The molecule has 2 aliphatic heterocycles. The average Bonchev–Trinajstić information content (AvgIpc) is 3.77. The predicted octanol–water partition coefficient (Wildman–Crippen LogP) is 6.57. The monoisotopic (exact) mass is 875 g/mol. The number of nitrogens with zero attached hydrogens (tertiary/aromatic N) is 3. The van der Waals surface area contributed by atoms with E-state index in [0.717, 1.165) is 22.0 Å². The Balaban J connectivity index is 1.07. The molecule has 1 spiro atoms. The number of ether oxygens (including phenoxy) is 3. The molecule has 2 fully saturated rings. The second-order valence-corrected chi connectivity index (χ2v) is 16.9. The maximum atomic E-state index is 15.8. The number of halogens is 7. The quantitative estimate of drug-likeness (QED) is 0.0695. The smallest absolute Gasteiger partial charge is 0.449 e. The summed E-state index contributed by atoms with van der Waals surface area (Å²) in [6.07, 6.45) is -11.2. The van der Waals surface area contributed by atoms with Gasteiger partial charge in [-0.15, -0.1) is 11.3 Å². The van der Waals surface area contributed by atoms with Crippen LogP contribution in [0.15, 0.2) is 35.1 Å². The van der Waals surface area contributed by atoms with Crippen LogP contribution in [0.3, 0.4) is 0 Å². The summed E-state index contributed by atoms with van der Waals surface area (Å²) in [5.41, 5.74) is 0.0674. The van der Waals surface area contributed by atoms with Crippen molar-refractivity contribution in [3.63, 3.8) is 0 Å². The summed E-state index contributed by atoms with van der Waals surface area (Å²) in [4.78, 5) is 59.8. The zero-order valence-corrected chi connectivity index (χ0v) is 33.6. The first kappa shape index (κ1) is 44.1. The number of piperidine rings is 1. The predicted molar refractivity (Wildman–Crippen MR) is 202 cm³/mol. The Morgan fingerprint density at radius 3 is 2.36 bits per heavy atom. The Bertz CT molecular complexity index is 2250. The van der Waals surface area contributed by atoms with E-state index in [2.05, 4.69) is 24.9 Å². The molecule has 21 heteroatoms. The van der Waals surface area contributed by atoms with Crippen molar-refractivity contribution in [1.82, 2.24) is 25.1 Å². The summed E-state index contributed by atoms with van der Waals surface area (Å²) < 4.78 is 109. The van der Waals surface area contributed by atoms with Gasteiger partial charge in [-0.1, -0.05) is 43.4 Å². The SMILES string of the molecule is Cc1sc(C(C)C)nc1C(=O)N1CCOC2(CCN(Cc3cccc(CCNC[C@H](OC(=O)C(F)(F)F)c4ccc(OC(=O)C(F)(F)F)c5[nH]c(=O)sc45)c3F)CC2)C1. The van der Waals surface area contributed by atoms with Gasteiger partial charge in [0, 0.05) is 54.6 Å². The van der Waals surface area contributed by atoms with Gasteiger partial charge in [0.1, 0.15) is 23.1 Å². The lowest BCUT2D eigenvalue weighted by Crippen LogP contribution is -2.58. The molecule has 4 aromatic rings. The highest BCUT2D eigenvalue weighted by Gasteiger charge is 2.44. The molecule has 59 heavy (non-hydrogen) atoms. The van der Waals surface area contributed by atoms with Crippen molar-refractivity contribution >= 4 is 50.7 Å². The van der Waals surface area contributed by atoms with Crippen molar-refractivity contribution < 1.29 is 59.3 Å². The second-order valence-electron chi connectivity index (χ2n) is 14.6. The highest BCUT2D eigenvalue weighted by molar-refractivity contribution is 7.16. The van der Waals surface area contributed by atoms with Crippen molar-refractivity contribution in [3.8, 4) is 5.75 Å². The normalized spacial score (nSPS) is 16.8. The fourth-order valence-electron chi connectivity index (χ4n) is 7.03. The summed E-state index contributed by atoms with van der Waals surface area (Å²) in [6.45, 7) is 8.26. The van der Waals surface area contributed by atoms with Gasteiger partial charge in [0.15, 0.2) is 5.75 Å². The number of alkyl halides is 6. The van der Waals surface area contributed by atoms with Crippen molar-refractivity contribution in [2.45, 2.75) is 76.6 Å². The Kier molecular flexibility index (Phi) is 13.2. The maximum absolute atomic E-state index is 15.8. The third-order valence-corrected chi connectivity index (χ3v) is 12.3. The second kappa shape index (κ2) is 17.6. The number of hydrogen-bond acceptors (Lipinski definition) is 12. The number of fused-ring (bicyclic) bond motifs is 1. The number of aromatic nitrogens is 2. The molecular formula is C38H40F7N5O7S2. The van der Waals surface area contributed by atoms with Gasteiger partial charge >= 0.3 is 29.2 Å². The third kappa shape index (κ3) is 10.3. The van der Waals surface area contributed by atoms with Crippen molar-refractivity contribution in [2.24, 2.45) is 0 Å². The number of thiazole rings is 2. The van der Waals surface area contributed by atoms with Gasteiger partial charge in [0.25, 0.3) is 5.91 Å². The number of rotatable bonds is 12. The Hall–Kier alpha value is -4.44. The standard InChI is InChI=1S/C38H40F7N5O7S2/c1-20(2)31-47-28(21(3)58-31)32(51)50-15-16-55-36(19-50)10-13-49(14-11-36)18-23-6-4-5-22(27(23)39)9-12-46-17-26(57-34(53)38(43,44)45)24-7-8-25(56-33(52)37(40,41)42)29-30(24)59-35(54)48-29/h4-8,20,26,46H,9-19H2,1-3H3,(H,48,54)/t26-/m0/s1.